The summed E-state index contributed by atoms with van der Waals surface area (Å²) in [6, 6.07) is 9.83. The number of rotatable bonds is 5. The molecule has 0 spiro atoms. The van der Waals surface area contributed by atoms with Gasteiger partial charge in [-0.2, -0.15) is 0 Å². The van der Waals surface area contributed by atoms with Gasteiger partial charge in [0.2, 0.25) is 0 Å². The molecule has 0 atom stereocenters. The summed E-state index contributed by atoms with van der Waals surface area (Å²) in [4.78, 5) is 11.9. The molecular weight excluding hydrogens is 238 g/mol. The Labute approximate surface area is 113 Å². The van der Waals surface area contributed by atoms with Crippen LogP contribution in [0.15, 0.2) is 42.7 Å². The fraction of sp³-hybridized carbons (Fsp3) is 0.312. The van der Waals surface area contributed by atoms with Crippen molar-refractivity contribution in [2.24, 2.45) is 5.92 Å². The standard InChI is InChI=1S/C16H19NO2/c1-12(2)16(18)14-8-9-17(11-14)10-13-4-6-15(19-3)7-5-13/h4-9,11-12H,10H2,1-3H3. The van der Waals surface area contributed by atoms with E-state index in [1.807, 2.05) is 61.1 Å². The van der Waals surface area contributed by atoms with Crippen molar-refractivity contribution in [1.29, 1.82) is 0 Å². The van der Waals surface area contributed by atoms with Crippen LogP contribution in [0.1, 0.15) is 29.8 Å². The largest absolute Gasteiger partial charge is 0.497 e. The van der Waals surface area contributed by atoms with Gasteiger partial charge in [-0.15, -0.1) is 0 Å². The molecule has 0 saturated heterocycles. The monoisotopic (exact) mass is 257 g/mol. The van der Waals surface area contributed by atoms with Crippen LogP contribution < -0.4 is 4.74 Å². The number of hydrogen-bond acceptors (Lipinski definition) is 2. The quantitative estimate of drug-likeness (QED) is 0.769. The van der Waals surface area contributed by atoms with Crippen LogP contribution in [0.2, 0.25) is 0 Å². The molecule has 0 aliphatic carbocycles. The van der Waals surface area contributed by atoms with E-state index in [2.05, 4.69) is 0 Å². The van der Waals surface area contributed by atoms with Gasteiger partial charge in [-0.25, -0.2) is 0 Å². The Morgan fingerprint density at radius 2 is 1.89 bits per heavy atom. The van der Waals surface area contributed by atoms with Crippen molar-refractivity contribution in [3.63, 3.8) is 0 Å². The predicted octanol–water partition coefficient (Wildman–Crippen LogP) is 3.38. The summed E-state index contributed by atoms with van der Waals surface area (Å²) in [5.41, 5.74) is 1.96. The molecule has 0 N–H and O–H groups in total. The maximum absolute atomic E-state index is 11.9. The van der Waals surface area contributed by atoms with Crippen LogP contribution in [0.3, 0.4) is 0 Å². The first-order valence-electron chi connectivity index (χ1n) is 6.43. The molecule has 100 valence electrons. The SMILES string of the molecule is COc1ccc(Cn2ccc(C(=O)C(C)C)c2)cc1. The Hall–Kier alpha value is -2.03. The molecule has 0 unspecified atom stereocenters. The zero-order valence-electron chi connectivity index (χ0n) is 11.6. The van der Waals surface area contributed by atoms with E-state index in [4.69, 9.17) is 4.74 Å². The molecule has 3 nitrogen and oxygen atoms in total. The molecule has 0 bridgehead atoms. The molecule has 19 heavy (non-hydrogen) atoms. The lowest BCUT2D eigenvalue weighted by Gasteiger charge is -2.05. The first kappa shape index (κ1) is 13.4. The van der Waals surface area contributed by atoms with Gasteiger partial charge in [0.1, 0.15) is 5.75 Å². The smallest absolute Gasteiger partial charge is 0.166 e. The Balaban J connectivity index is 2.09. The van der Waals surface area contributed by atoms with Gasteiger partial charge in [-0.1, -0.05) is 26.0 Å². The highest BCUT2D eigenvalue weighted by Gasteiger charge is 2.11. The zero-order chi connectivity index (χ0) is 13.8. The Kier molecular flexibility index (Phi) is 4.05. The lowest BCUT2D eigenvalue weighted by atomic mass is 10.0. The average Bonchev–Trinajstić information content (AvgIpc) is 2.87. The lowest BCUT2D eigenvalue weighted by molar-refractivity contribution is 0.0939. The fourth-order valence-corrected chi connectivity index (χ4v) is 1.96. The summed E-state index contributed by atoms with van der Waals surface area (Å²) >= 11 is 0. The summed E-state index contributed by atoms with van der Waals surface area (Å²) in [5.74, 6) is 1.08. The van der Waals surface area contributed by atoms with E-state index in [0.717, 1.165) is 17.9 Å². The first-order chi connectivity index (χ1) is 9.10. The minimum atomic E-state index is 0.0387. The van der Waals surface area contributed by atoms with Gasteiger partial charge in [0.05, 0.1) is 7.11 Å². The number of benzene rings is 1. The highest BCUT2D eigenvalue weighted by Crippen LogP contribution is 2.14. The third-order valence-electron chi connectivity index (χ3n) is 3.08. The second-order valence-electron chi connectivity index (χ2n) is 4.94. The maximum Gasteiger partial charge on any atom is 0.166 e. The average molecular weight is 257 g/mol. The molecule has 2 aromatic rings. The number of ketones is 1. The van der Waals surface area contributed by atoms with E-state index < -0.39 is 0 Å². The lowest BCUT2D eigenvalue weighted by Crippen LogP contribution is -2.06. The fourth-order valence-electron chi connectivity index (χ4n) is 1.96. The molecule has 0 fully saturated rings. The second-order valence-corrected chi connectivity index (χ2v) is 4.94. The van der Waals surface area contributed by atoms with E-state index >= 15 is 0 Å². The van der Waals surface area contributed by atoms with E-state index in [9.17, 15) is 4.79 Å². The van der Waals surface area contributed by atoms with Crippen molar-refractivity contribution in [1.82, 2.24) is 4.57 Å². The zero-order valence-corrected chi connectivity index (χ0v) is 11.6. The molecule has 1 aromatic carbocycles. The summed E-state index contributed by atoms with van der Waals surface area (Å²) in [6.45, 7) is 4.60. The van der Waals surface area contributed by atoms with Gasteiger partial charge in [0, 0.05) is 30.4 Å². The van der Waals surface area contributed by atoms with Crippen LogP contribution in [0, 0.1) is 5.92 Å². The van der Waals surface area contributed by atoms with Gasteiger partial charge < -0.3 is 9.30 Å². The molecule has 2 rings (SSSR count). The third-order valence-corrected chi connectivity index (χ3v) is 3.08. The number of hydrogen-bond donors (Lipinski definition) is 0. The highest BCUT2D eigenvalue weighted by atomic mass is 16.5. The van der Waals surface area contributed by atoms with E-state index in [-0.39, 0.29) is 11.7 Å². The van der Waals surface area contributed by atoms with Gasteiger partial charge in [-0.05, 0) is 23.8 Å². The third kappa shape index (κ3) is 3.25. The predicted molar refractivity (Wildman–Crippen MR) is 75.7 cm³/mol. The van der Waals surface area contributed by atoms with Crippen molar-refractivity contribution >= 4 is 5.78 Å². The number of nitrogens with zero attached hydrogens (tertiary/aromatic N) is 1. The number of methoxy groups -OCH3 is 1. The van der Waals surface area contributed by atoms with Crippen molar-refractivity contribution in [3.8, 4) is 5.75 Å². The van der Waals surface area contributed by atoms with Crippen LogP contribution >= 0.6 is 0 Å². The van der Waals surface area contributed by atoms with Gasteiger partial charge in [0.15, 0.2) is 5.78 Å². The first-order valence-corrected chi connectivity index (χ1v) is 6.43. The van der Waals surface area contributed by atoms with Crippen LogP contribution in [0.25, 0.3) is 0 Å². The van der Waals surface area contributed by atoms with Gasteiger partial charge in [-0.3, -0.25) is 4.79 Å². The van der Waals surface area contributed by atoms with Crippen LogP contribution in [-0.4, -0.2) is 17.5 Å². The summed E-state index contributed by atoms with van der Waals surface area (Å²) in [7, 11) is 1.66. The van der Waals surface area contributed by atoms with E-state index in [0.29, 0.717) is 0 Å². The van der Waals surface area contributed by atoms with Crippen LogP contribution in [0.4, 0.5) is 0 Å². The summed E-state index contributed by atoms with van der Waals surface area (Å²) in [6.07, 6.45) is 3.85. The van der Waals surface area contributed by atoms with Crippen molar-refractivity contribution in [3.05, 3.63) is 53.9 Å². The van der Waals surface area contributed by atoms with Crippen molar-refractivity contribution in [2.45, 2.75) is 20.4 Å². The number of aromatic nitrogens is 1. The van der Waals surface area contributed by atoms with Gasteiger partial charge >= 0.3 is 0 Å². The normalized spacial score (nSPS) is 10.7. The Morgan fingerprint density at radius 1 is 1.21 bits per heavy atom. The molecule has 1 heterocycles. The molecule has 3 heteroatoms. The molecule has 0 amide bonds. The molecule has 0 aliphatic heterocycles. The van der Waals surface area contributed by atoms with Crippen LogP contribution in [0.5, 0.6) is 5.75 Å². The topological polar surface area (TPSA) is 31.2 Å². The minimum Gasteiger partial charge on any atom is -0.497 e. The summed E-state index contributed by atoms with van der Waals surface area (Å²) < 4.78 is 7.16. The van der Waals surface area contributed by atoms with Gasteiger partial charge in [0.25, 0.3) is 0 Å². The number of carbonyl (C=O) groups excluding carboxylic acids is 1. The molecule has 0 aliphatic rings. The van der Waals surface area contributed by atoms with Crippen molar-refractivity contribution in [2.75, 3.05) is 7.11 Å². The molecule has 0 saturated carbocycles. The van der Waals surface area contributed by atoms with Crippen LogP contribution in [-0.2, 0) is 6.54 Å². The molecular formula is C16H19NO2. The number of Topliss-reactive ketones (excluding diaryl/α,β-unsaturated/α-hetero) is 1. The summed E-state index contributed by atoms with van der Waals surface area (Å²) in [5, 5.41) is 0. The molecule has 1 aromatic heterocycles. The van der Waals surface area contributed by atoms with E-state index in [1.165, 1.54) is 5.56 Å². The Bertz CT molecular complexity index is 552. The number of ether oxygens (including phenoxy) is 1. The maximum atomic E-state index is 11.9. The van der Waals surface area contributed by atoms with E-state index in [1.54, 1.807) is 7.11 Å². The molecule has 0 radical (unpaired) electrons. The minimum absolute atomic E-state index is 0.0387. The highest BCUT2D eigenvalue weighted by molar-refractivity contribution is 5.97. The Morgan fingerprint density at radius 3 is 2.47 bits per heavy atom. The number of carbonyl (C=O) groups is 1. The second kappa shape index (κ2) is 5.74. The van der Waals surface area contributed by atoms with Crippen molar-refractivity contribution < 1.29 is 9.53 Å².